The zero-order chi connectivity index (χ0) is 19.6. The minimum Gasteiger partial charge on any atom is -0.611 e. The van der Waals surface area contributed by atoms with Crippen molar-refractivity contribution in [3.8, 4) is 0 Å². The molecule has 1 atom stereocenters. The standard InChI is InChI=1S/C22H31ClN2O2S.CH2/c23-20-6-5-18(28(27)17-7-11-24-12-8-17)13-19(20)21(26)25-15-22-9-1-3-16(14-22)4-2-10-22;/h5-6,13,16-17,24H,1-4,7-12,14-15H2,(H,25,26);1H2. The molecule has 3 fully saturated rings. The molecule has 4 rings (SSSR count). The van der Waals surface area contributed by atoms with Crippen molar-refractivity contribution >= 4 is 28.7 Å². The summed E-state index contributed by atoms with van der Waals surface area (Å²) in [5, 5.41) is 7.06. The maximum absolute atomic E-state index is 12.9. The van der Waals surface area contributed by atoms with Crippen LogP contribution in [0, 0.1) is 18.8 Å². The normalized spacial score (nSPS) is 28.3. The van der Waals surface area contributed by atoms with Gasteiger partial charge < -0.3 is 15.2 Å². The number of benzene rings is 1. The first-order valence-electron chi connectivity index (χ1n) is 10.8. The second-order valence-corrected chi connectivity index (χ2v) is 11.1. The average Bonchev–Trinajstić information content (AvgIpc) is 2.73. The summed E-state index contributed by atoms with van der Waals surface area (Å²) in [5.74, 6) is 0.718. The molecule has 2 radical (unpaired) electrons. The van der Waals surface area contributed by atoms with Gasteiger partial charge in [-0.15, -0.1) is 0 Å². The van der Waals surface area contributed by atoms with E-state index in [0.717, 1.165) is 43.3 Å². The van der Waals surface area contributed by atoms with Crippen LogP contribution in [-0.2, 0) is 11.2 Å². The quantitative estimate of drug-likeness (QED) is 0.662. The summed E-state index contributed by atoms with van der Waals surface area (Å²) in [6.07, 6.45) is 10.8. The van der Waals surface area contributed by atoms with E-state index in [-0.39, 0.29) is 24.0 Å². The molecule has 1 aromatic carbocycles. The summed E-state index contributed by atoms with van der Waals surface area (Å²) >= 11 is 5.24. The lowest BCUT2D eigenvalue weighted by Gasteiger charge is -2.45. The predicted molar refractivity (Wildman–Crippen MR) is 120 cm³/mol. The minimum atomic E-state index is -1.10. The summed E-state index contributed by atoms with van der Waals surface area (Å²) in [7, 11) is 0. The number of hydrogen-bond donors (Lipinski definition) is 2. The van der Waals surface area contributed by atoms with Gasteiger partial charge in [0.1, 0.15) is 5.25 Å². The first-order valence-corrected chi connectivity index (χ1v) is 12.3. The van der Waals surface area contributed by atoms with Crippen molar-refractivity contribution in [2.45, 2.75) is 67.9 Å². The molecule has 1 unspecified atom stereocenters. The van der Waals surface area contributed by atoms with Crippen LogP contribution in [0.2, 0.25) is 5.02 Å². The molecule has 2 saturated carbocycles. The highest BCUT2D eigenvalue weighted by molar-refractivity contribution is 7.92. The van der Waals surface area contributed by atoms with E-state index in [2.05, 4.69) is 10.6 Å². The molecule has 29 heavy (non-hydrogen) atoms. The van der Waals surface area contributed by atoms with Gasteiger partial charge >= 0.3 is 0 Å². The molecule has 160 valence electrons. The average molecular weight is 437 g/mol. The zero-order valence-corrected chi connectivity index (χ0v) is 18.8. The van der Waals surface area contributed by atoms with E-state index in [4.69, 9.17) is 11.6 Å². The third-order valence-corrected chi connectivity index (χ3v) is 9.11. The number of hydrogen-bond acceptors (Lipinski definition) is 3. The largest absolute Gasteiger partial charge is 0.611 e. The van der Waals surface area contributed by atoms with Crippen LogP contribution < -0.4 is 10.6 Å². The summed E-state index contributed by atoms with van der Waals surface area (Å²) < 4.78 is 12.9. The van der Waals surface area contributed by atoms with Crippen molar-refractivity contribution in [3.63, 3.8) is 0 Å². The van der Waals surface area contributed by atoms with Crippen LogP contribution in [0.4, 0.5) is 0 Å². The Labute approximate surface area is 183 Å². The Morgan fingerprint density at radius 1 is 1.21 bits per heavy atom. The molecular formula is C23H33ClN2O2S. The highest BCUT2D eigenvalue weighted by Crippen LogP contribution is 2.48. The van der Waals surface area contributed by atoms with Crippen molar-refractivity contribution in [2.75, 3.05) is 19.6 Å². The first-order chi connectivity index (χ1) is 13.6. The van der Waals surface area contributed by atoms with E-state index in [0.29, 0.717) is 10.6 Å². The molecule has 3 aliphatic rings. The Morgan fingerprint density at radius 2 is 1.90 bits per heavy atom. The Bertz CT molecular complexity index is 698. The lowest BCUT2D eigenvalue weighted by atomic mass is 9.62. The molecule has 0 spiro atoms. The van der Waals surface area contributed by atoms with Crippen molar-refractivity contribution < 1.29 is 9.35 Å². The lowest BCUT2D eigenvalue weighted by molar-refractivity contribution is 0.0681. The van der Waals surface area contributed by atoms with Crippen molar-refractivity contribution in [2.24, 2.45) is 11.3 Å². The molecular weight excluding hydrogens is 404 g/mol. The van der Waals surface area contributed by atoms with Crippen molar-refractivity contribution in [1.82, 2.24) is 10.6 Å². The van der Waals surface area contributed by atoms with Gasteiger partial charge in [0.15, 0.2) is 4.90 Å². The Morgan fingerprint density at radius 3 is 2.59 bits per heavy atom. The Balaban J connectivity index is 0.00000240. The van der Waals surface area contributed by atoms with Gasteiger partial charge in [-0.2, -0.15) is 0 Å². The molecule has 1 aliphatic heterocycles. The molecule has 1 heterocycles. The highest BCUT2D eigenvalue weighted by atomic mass is 35.5. The molecule has 0 aromatic heterocycles. The fourth-order valence-electron chi connectivity index (χ4n) is 5.44. The molecule has 2 N–H and O–H groups in total. The fourth-order valence-corrected chi connectivity index (χ4v) is 7.13. The van der Waals surface area contributed by atoms with Gasteiger partial charge in [0.05, 0.1) is 10.6 Å². The number of amides is 1. The smallest absolute Gasteiger partial charge is 0.253 e. The van der Waals surface area contributed by atoms with Gasteiger partial charge in [0, 0.05) is 25.5 Å². The maximum Gasteiger partial charge on any atom is 0.253 e. The number of halogens is 1. The number of nitrogens with one attached hydrogen (secondary N) is 2. The summed E-state index contributed by atoms with van der Waals surface area (Å²) in [6.45, 7) is 2.54. The van der Waals surface area contributed by atoms with Gasteiger partial charge in [-0.3, -0.25) is 4.79 Å². The summed E-state index contributed by atoms with van der Waals surface area (Å²) in [4.78, 5) is 13.6. The van der Waals surface area contributed by atoms with Crippen LogP contribution in [0.1, 0.15) is 68.1 Å². The van der Waals surface area contributed by atoms with Gasteiger partial charge in [0.2, 0.25) is 0 Å². The van der Waals surface area contributed by atoms with Crippen molar-refractivity contribution in [1.29, 1.82) is 0 Å². The lowest BCUT2D eigenvalue weighted by Crippen LogP contribution is -2.43. The minimum absolute atomic E-state index is 0. The van der Waals surface area contributed by atoms with E-state index in [9.17, 15) is 9.35 Å². The second kappa shape index (κ2) is 10.0. The van der Waals surface area contributed by atoms with Gasteiger partial charge in [0.25, 0.3) is 5.91 Å². The number of fused-ring (bicyclic) bond motifs is 2. The Hall–Kier alpha value is -0.750. The van der Waals surface area contributed by atoms with E-state index in [1.165, 1.54) is 44.9 Å². The Kier molecular flexibility index (Phi) is 7.94. The van der Waals surface area contributed by atoms with Crippen molar-refractivity contribution in [3.05, 3.63) is 36.2 Å². The summed E-state index contributed by atoms with van der Waals surface area (Å²) in [5.41, 5.74) is 0.736. The maximum atomic E-state index is 12.9. The predicted octanol–water partition coefficient (Wildman–Crippen LogP) is 4.62. The van der Waals surface area contributed by atoms with Gasteiger partial charge in [-0.05, 0) is 67.0 Å². The molecule has 2 aliphatic carbocycles. The first kappa shape index (κ1) is 22.9. The monoisotopic (exact) mass is 436 g/mol. The molecule has 6 heteroatoms. The van der Waals surface area contributed by atoms with Crippen LogP contribution in [0.15, 0.2) is 23.1 Å². The number of rotatable bonds is 5. The topological polar surface area (TPSA) is 64.2 Å². The van der Waals surface area contributed by atoms with Crippen LogP contribution in [0.25, 0.3) is 0 Å². The second-order valence-electron chi connectivity index (χ2n) is 8.93. The molecule has 4 nitrogen and oxygen atoms in total. The van der Waals surface area contributed by atoms with Gasteiger partial charge in [-0.25, -0.2) is 0 Å². The zero-order valence-electron chi connectivity index (χ0n) is 17.2. The number of carbonyl (C=O) groups is 1. The van der Waals surface area contributed by atoms with Crippen LogP contribution in [0.5, 0.6) is 0 Å². The highest BCUT2D eigenvalue weighted by Gasteiger charge is 2.39. The molecule has 2 bridgehead atoms. The van der Waals surface area contributed by atoms with Crippen LogP contribution in [-0.4, -0.2) is 35.3 Å². The van der Waals surface area contributed by atoms with E-state index in [1.54, 1.807) is 12.1 Å². The van der Waals surface area contributed by atoms with Gasteiger partial charge in [-0.1, -0.05) is 44.7 Å². The molecule has 1 saturated heterocycles. The number of carbonyl (C=O) groups excluding carboxylic acids is 1. The van der Waals surface area contributed by atoms with E-state index < -0.39 is 11.2 Å². The summed E-state index contributed by atoms with van der Waals surface area (Å²) in [6, 6.07) is 5.28. The third-order valence-electron chi connectivity index (χ3n) is 6.99. The number of piperidine rings is 1. The van der Waals surface area contributed by atoms with E-state index >= 15 is 0 Å². The van der Waals surface area contributed by atoms with Crippen LogP contribution >= 0.6 is 11.6 Å². The van der Waals surface area contributed by atoms with Crippen LogP contribution in [0.3, 0.4) is 0 Å². The van der Waals surface area contributed by atoms with E-state index in [1.807, 2.05) is 6.07 Å². The molecule has 1 amide bonds. The molecule has 1 aromatic rings. The fraction of sp³-hybridized carbons (Fsp3) is 0.652. The SMILES string of the molecule is O=C(NCC12CCCC(CCC1)C2)c1cc([S+]([O-])C2CCNCC2)ccc1Cl.[CH2]. The third kappa shape index (κ3) is 5.30.